The maximum atomic E-state index is 13.7. The first-order valence-corrected chi connectivity index (χ1v) is 16.1. The van der Waals surface area contributed by atoms with Crippen LogP contribution in [0, 0.1) is 17.6 Å². The Morgan fingerprint density at radius 1 is 0.959 bits per heavy atom. The first-order chi connectivity index (χ1) is 23.6. The van der Waals surface area contributed by atoms with Crippen LogP contribution in [0.2, 0.25) is 0 Å². The number of carboxylic acid groups (broad SMARTS) is 1. The lowest BCUT2D eigenvalue weighted by atomic mass is 9.78. The minimum atomic E-state index is -1.09. The van der Waals surface area contributed by atoms with Crippen LogP contribution in [0.25, 0.3) is 0 Å². The molecule has 2 saturated heterocycles. The molecule has 2 aliphatic heterocycles. The zero-order chi connectivity index (χ0) is 34.5. The summed E-state index contributed by atoms with van der Waals surface area (Å²) in [7, 11) is 0. The fourth-order valence-corrected chi connectivity index (χ4v) is 6.32. The van der Waals surface area contributed by atoms with Gasteiger partial charge in [0.2, 0.25) is 11.8 Å². The van der Waals surface area contributed by atoms with E-state index in [4.69, 9.17) is 9.47 Å². The van der Waals surface area contributed by atoms with Gasteiger partial charge in [-0.3, -0.25) is 9.59 Å². The molecular weight excluding hydrogens is 634 g/mol. The van der Waals surface area contributed by atoms with E-state index in [0.29, 0.717) is 55.8 Å². The van der Waals surface area contributed by atoms with E-state index in [9.17, 15) is 33.4 Å². The molecule has 0 aliphatic carbocycles. The number of aryl methyl sites for hydroxylation is 1. The van der Waals surface area contributed by atoms with Crippen LogP contribution < -0.4 is 10.2 Å². The average Bonchev–Trinajstić information content (AvgIpc) is 3.08. The van der Waals surface area contributed by atoms with Crippen molar-refractivity contribution in [3.05, 3.63) is 131 Å². The zero-order valence-corrected chi connectivity index (χ0v) is 26.6. The van der Waals surface area contributed by atoms with Crippen molar-refractivity contribution < 1.29 is 42.9 Å². The average molecular weight is 671 g/mol. The van der Waals surface area contributed by atoms with E-state index in [0.717, 1.165) is 11.1 Å². The van der Waals surface area contributed by atoms with E-state index in [1.807, 2.05) is 24.3 Å². The van der Waals surface area contributed by atoms with Crippen LogP contribution in [-0.2, 0) is 25.5 Å². The van der Waals surface area contributed by atoms with Gasteiger partial charge in [0, 0.05) is 11.4 Å². The van der Waals surface area contributed by atoms with Gasteiger partial charge >= 0.3 is 5.97 Å². The van der Waals surface area contributed by atoms with Gasteiger partial charge in [-0.25, -0.2) is 13.6 Å². The van der Waals surface area contributed by atoms with E-state index < -0.39 is 41.1 Å². The fourth-order valence-electron chi connectivity index (χ4n) is 6.32. The predicted octanol–water partition coefficient (Wildman–Crippen LogP) is 6.24. The van der Waals surface area contributed by atoms with Gasteiger partial charge in [-0.1, -0.05) is 42.5 Å². The van der Waals surface area contributed by atoms with E-state index in [-0.39, 0.29) is 24.1 Å². The zero-order valence-electron chi connectivity index (χ0n) is 26.6. The molecule has 4 aromatic rings. The number of nitrogens with one attached hydrogen (secondary N) is 1. The van der Waals surface area contributed by atoms with E-state index in [1.54, 1.807) is 29.2 Å². The van der Waals surface area contributed by atoms with Crippen molar-refractivity contribution in [3.8, 4) is 0 Å². The quantitative estimate of drug-likeness (QED) is 0.136. The molecule has 49 heavy (non-hydrogen) atoms. The molecule has 2 unspecified atom stereocenters. The predicted molar refractivity (Wildman–Crippen MR) is 177 cm³/mol. The Kier molecular flexibility index (Phi) is 10.1. The number of carbonyl (C=O) groups is 3. The Balaban J connectivity index is 1.08. The maximum Gasteiger partial charge on any atom is 0.335 e. The number of nitrogens with zero attached hydrogens (tertiary/aromatic N) is 1. The first-order valence-electron chi connectivity index (χ1n) is 16.1. The van der Waals surface area contributed by atoms with Gasteiger partial charge < -0.3 is 29.9 Å². The molecule has 3 N–H and O–H groups in total. The molecular formula is C38H36F2N2O7. The third-order valence-electron chi connectivity index (χ3n) is 9.15. The number of carbonyl (C=O) groups excluding carboxylic acids is 2. The lowest BCUT2D eigenvalue weighted by molar-refractivity contribution is -0.211. The number of aliphatic hydroxyl groups is 1. The van der Waals surface area contributed by atoms with Gasteiger partial charge in [0.25, 0.3) is 0 Å². The number of hydrogen-bond donors (Lipinski definition) is 3. The number of amides is 2. The highest BCUT2D eigenvalue weighted by Crippen LogP contribution is 2.46. The van der Waals surface area contributed by atoms with Crippen LogP contribution in [-0.4, -0.2) is 53.4 Å². The molecule has 2 amide bonds. The SMILES string of the molecule is O=C(COC1(CCc2ccc(C3[C@@H](CCC(O)c4ccc(F)cc4)C(=O)N3c3ccc(F)cc3)cc2)COC1)Nc1cccc(C(=O)O)c1. The second-order valence-corrected chi connectivity index (χ2v) is 12.5. The van der Waals surface area contributed by atoms with Crippen LogP contribution in [0.4, 0.5) is 20.2 Å². The van der Waals surface area contributed by atoms with Crippen molar-refractivity contribution >= 4 is 29.2 Å². The second kappa shape index (κ2) is 14.7. The monoisotopic (exact) mass is 670 g/mol. The molecule has 11 heteroatoms. The third-order valence-corrected chi connectivity index (χ3v) is 9.15. The summed E-state index contributed by atoms with van der Waals surface area (Å²) >= 11 is 0. The standard InChI is InChI=1S/C38H36F2N2O7/c39-28-10-8-25(9-11-28)33(43)17-16-32-35(42(36(32)45)31-14-12-29(40)13-15-31)26-6-4-24(5-7-26)18-19-38(22-48-23-38)49-21-34(44)41-30-3-1-2-27(20-30)37(46)47/h1-15,20,32-33,35,43H,16-19,21-23H2,(H,41,44)(H,46,47)/t32-,33?,35?/m1/s1. The highest BCUT2D eigenvalue weighted by molar-refractivity contribution is 6.03. The molecule has 0 spiro atoms. The summed E-state index contributed by atoms with van der Waals surface area (Å²) < 4.78 is 38.5. The van der Waals surface area contributed by atoms with Gasteiger partial charge in [0.1, 0.15) is 23.8 Å². The van der Waals surface area contributed by atoms with Crippen LogP contribution in [0.5, 0.6) is 0 Å². The van der Waals surface area contributed by atoms with E-state index >= 15 is 0 Å². The number of carboxylic acids is 1. The molecule has 0 saturated carbocycles. The molecule has 3 atom stereocenters. The van der Waals surface area contributed by atoms with Crippen molar-refractivity contribution in [3.63, 3.8) is 0 Å². The number of benzene rings is 4. The molecule has 0 radical (unpaired) electrons. The number of ether oxygens (including phenoxy) is 2. The molecule has 0 bridgehead atoms. The van der Waals surface area contributed by atoms with Gasteiger partial charge in [-0.2, -0.15) is 0 Å². The van der Waals surface area contributed by atoms with Crippen molar-refractivity contribution in [2.75, 3.05) is 30.0 Å². The van der Waals surface area contributed by atoms with E-state index in [2.05, 4.69) is 5.32 Å². The number of hydrogen-bond acceptors (Lipinski definition) is 6. The number of anilines is 2. The van der Waals surface area contributed by atoms with Crippen molar-refractivity contribution in [1.29, 1.82) is 0 Å². The number of halogens is 2. The van der Waals surface area contributed by atoms with Gasteiger partial charge in [-0.05, 0) is 97.0 Å². The number of aliphatic hydroxyl groups excluding tert-OH is 1. The van der Waals surface area contributed by atoms with Crippen molar-refractivity contribution in [2.24, 2.45) is 5.92 Å². The van der Waals surface area contributed by atoms with Crippen LogP contribution in [0.15, 0.2) is 97.1 Å². The molecule has 254 valence electrons. The normalized spacial score (nSPS) is 18.7. The molecule has 0 aromatic heterocycles. The molecule has 6 rings (SSSR count). The minimum absolute atomic E-state index is 0.0665. The van der Waals surface area contributed by atoms with Crippen molar-refractivity contribution in [2.45, 2.75) is 43.4 Å². The van der Waals surface area contributed by atoms with Gasteiger partial charge in [-0.15, -0.1) is 0 Å². The lowest BCUT2D eigenvalue weighted by Gasteiger charge is -2.48. The number of aromatic carboxylic acids is 1. The Morgan fingerprint density at radius 2 is 1.63 bits per heavy atom. The Labute approximate surface area is 282 Å². The molecule has 4 aromatic carbocycles. The van der Waals surface area contributed by atoms with Crippen molar-refractivity contribution in [1.82, 2.24) is 0 Å². The Bertz CT molecular complexity index is 1790. The molecule has 2 aliphatic rings. The summed E-state index contributed by atoms with van der Waals surface area (Å²) in [5.41, 5.74) is 2.88. The highest BCUT2D eigenvalue weighted by atomic mass is 19.1. The molecule has 9 nitrogen and oxygen atoms in total. The summed E-state index contributed by atoms with van der Waals surface area (Å²) in [5.74, 6) is -2.81. The van der Waals surface area contributed by atoms with Crippen LogP contribution in [0.3, 0.4) is 0 Å². The van der Waals surface area contributed by atoms with Crippen LogP contribution >= 0.6 is 0 Å². The Hall–Kier alpha value is -4.97. The largest absolute Gasteiger partial charge is 0.478 e. The minimum Gasteiger partial charge on any atom is -0.478 e. The van der Waals surface area contributed by atoms with Gasteiger partial charge in [0.15, 0.2) is 0 Å². The fraction of sp³-hybridized carbons (Fsp3) is 0.289. The summed E-state index contributed by atoms with van der Waals surface area (Å²) in [6.07, 6.45) is 1.10. The third kappa shape index (κ3) is 7.86. The van der Waals surface area contributed by atoms with Crippen LogP contribution in [0.1, 0.15) is 58.5 Å². The topological polar surface area (TPSA) is 125 Å². The molecule has 2 heterocycles. The second-order valence-electron chi connectivity index (χ2n) is 12.5. The Morgan fingerprint density at radius 3 is 2.27 bits per heavy atom. The molecule has 2 fully saturated rings. The summed E-state index contributed by atoms with van der Waals surface area (Å²) in [4.78, 5) is 38.8. The summed E-state index contributed by atoms with van der Waals surface area (Å²) in [5, 5.41) is 22.6. The lowest BCUT2D eigenvalue weighted by Crippen LogP contribution is -2.55. The summed E-state index contributed by atoms with van der Waals surface area (Å²) in [6, 6.07) is 25.0. The first kappa shape index (κ1) is 33.9. The van der Waals surface area contributed by atoms with E-state index in [1.165, 1.54) is 48.5 Å². The number of rotatable bonds is 14. The smallest absolute Gasteiger partial charge is 0.335 e. The highest BCUT2D eigenvalue weighted by Gasteiger charge is 2.48. The summed E-state index contributed by atoms with van der Waals surface area (Å²) in [6.45, 7) is 0.468. The number of β-lactam (4-membered cyclic amide) rings is 1. The maximum absolute atomic E-state index is 13.7. The van der Waals surface area contributed by atoms with Gasteiger partial charge in [0.05, 0.1) is 36.8 Å².